The van der Waals surface area contributed by atoms with Gasteiger partial charge < -0.3 is 15.3 Å². The quantitative estimate of drug-likeness (QED) is 0.692. The molecule has 0 spiro atoms. The zero-order valence-electron chi connectivity index (χ0n) is 6.93. The van der Waals surface area contributed by atoms with Crippen LogP contribution in [0.25, 0.3) is 0 Å². The van der Waals surface area contributed by atoms with Crippen LogP contribution in [0.4, 0.5) is 0 Å². The third-order valence-electron chi connectivity index (χ3n) is 2.51. The van der Waals surface area contributed by atoms with Crippen LogP contribution in [0.3, 0.4) is 0 Å². The Morgan fingerprint density at radius 2 is 2.46 bits per heavy atom. The summed E-state index contributed by atoms with van der Waals surface area (Å²) in [5.41, 5.74) is 5.00. The van der Waals surface area contributed by atoms with Crippen LogP contribution in [0.15, 0.2) is 16.9 Å². The number of nitrogens with two attached hydrogens (primary N) is 1. The standard InChI is InChI=1S/C8H10N2O3/c9-5(6(11)12)8(1-2-8)7-10-3-4-13-7/h3-5H,1-2,9H2,(H,11,12). The summed E-state index contributed by atoms with van der Waals surface area (Å²) in [7, 11) is 0. The molecule has 0 bridgehead atoms. The van der Waals surface area contributed by atoms with Crippen molar-refractivity contribution in [2.45, 2.75) is 24.3 Å². The van der Waals surface area contributed by atoms with Gasteiger partial charge in [0.05, 0.1) is 11.6 Å². The maximum atomic E-state index is 10.7. The Bertz CT molecular complexity index is 316. The summed E-state index contributed by atoms with van der Waals surface area (Å²) in [6.45, 7) is 0. The number of aliphatic carboxylic acids is 1. The second kappa shape index (κ2) is 2.56. The molecule has 0 aromatic carbocycles. The van der Waals surface area contributed by atoms with E-state index < -0.39 is 17.4 Å². The van der Waals surface area contributed by atoms with Gasteiger partial charge in [0.15, 0.2) is 0 Å². The molecule has 1 aromatic heterocycles. The molecule has 1 aliphatic carbocycles. The van der Waals surface area contributed by atoms with Gasteiger partial charge in [0, 0.05) is 0 Å². The van der Waals surface area contributed by atoms with E-state index in [0.29, 0.717) is 5.89 Å². The van der Waals surface area contributed by atoms with Gasteiger partial charge in [-0.2, -0.15) is 0 Å². The van der Waals surface area contributed by atoms with Crippen LogP contribution in [0.2, 0.25) is 0 Å². The van der Waals surface area contributed by atoms with Crippen molar-refractivity contribution < 1.29 is 14.3 Å². The average Bonchev–Trinajstić information content (AvgIpc) is 2.72. The van der Waals surface area contributed by atoms with Crippen molar-refractivity contribution in [1.29, 1.82) is 0 Å². The summed E-state index contributed by atoms with van der Waals surface area (Å²) in [6, 6.07) is -0.911. The Morgan fingerprint density at radius 3 is 2.85 bits per heavy atom. The van der Waals surface area contributed by atoms with E-state index >= 15 is 0 Å². The minimum atomic E-state index is -1.00. The van der Waals surface area contributed by atoms with Crippen LogP contribution < -0.4 is 5.73 Å². The molecular weight excluding hydrogens is 172 g/mol. The largest absolute Gasteiger partial charge is 0.480 e. The van der Waals surface area contributed by atoms with Crippen molar-refractivity contribution in [3.8, 4) is 0 Å². The molecular formula is C8H10N2O3. The minimum Gasteiger partial charge on any atom is -0.480 e. The number of carboxylic acids is 1. The molecule has 13 heavy (non-hydrogen) atoms. The first-order valence-corrected chi connectivity index (χ1v) is 4.05. The fraction of sp³-hybridized carbons (Fsp3) is 0.500. The predicted molar refractivity (Wildman–Crippen MR) is 43.0 cm³/mol. The lowest BCUT2D eigenvalue weighted by Crippen LogP contribution is -2.42. The smallest absolute Gasteiger partial charge is 0.321 e. The lowest BCUT2D eigenvalue weighted by atomic mass is 9.97. The molecule has 0 saturated heterocycles. The third kappa shape index (κ3) is 1.12. The SMILES string of the molecule is NC(C(=O)O)C1(c2ncco2)CC1. The summed E-state index contributed by atoms with van der Waals surface area (Å²) in [5.74, 6) is -0.557. The molecule has 0 amide bonds. The van der Waals surface area contributed by atoms with Gasteiger partial charge in [0.2, 0.25) is 5.89 Å². The molecule has 1 heterocycles. The fourth-order valence-corrected chi connectivity index (χ4v) is 1.50. The maximum absolute atomic E-state index is 10.7. The van der Waals surface area contributed by atoms with Crippen LogP contribution >= 0.6 is 0 Å². The summed E-state index contributed by atoms with van der Waals surface area (Å²) >= 11 is 0. The van der Waals surface area contributed by atoms with Crippen LogP contribution in [-0.4, -0.2) is 22.1 Å². The number of rotatable bonds is 3. The Labute approximate surface area is 74.6 Å². The van der Waals surface area contributed by atoms with Crippen LogP contribution in [0.1, 0.15) is 18.7 Å². The van der Waals surface area contributed by atoms with E-state index in [1.54, 1.807) is 0 Å². The van der Waals surface area contributed by atoms with Crippen molar-refractivity contribution in [2.24, 2.45) is 5.73 Å². The molecule has 70 valence electrons. The van der Waals surface area contributed by atoms with Crippen LogP contribution in [0, 0.1) is 0 Å². The molecule has 0 radical (unpaired) electrons. The number of hydrogen-bond donors (Lipinski definition) is 2. The topological polar surface area (TPSA) is 89.4 Å². The number of aromatic nitrogens is 1. The van der Waals surface area contributed by atoms with Gasteiger partial charge in [0.25, 0.3) is 0 Å². The predicted octanol–water partition coefficient (Wildman–Crippen LogP) is 0.118. The van der Waals surface area contributed by atoms with Gasteiger partial charge in [-0.3, -0.25) is 4.79 Å². The lowest BCUT2D eigenvalue weighted by molar-refractivity contribution is -0.139. The summed E-state index contributed by atoms with van der Waals surface area (Å²) < 4.78 is 5.08. The first-order chi connectivity index (χ1) is 6.17. The summed E-state index contributed by atoms with van der Waals surface area (Å²) in [5, 5.41) is 8.76. The Balaban J connectivity index is 2.27. The molecule has 1 aliphatic rings. The number of carboxylic acid groups (broad SMARTS) is 1. The zero-order valence-corrected chi connectivity index (χ0v) is 6.93. The second-order valence-corrected chi connectivity index (χ2v) is 3.31. The number of nitrogens with zero attached hydrogens (tertiary/aromatic N) is 1. The second-order valence-electron chi connectivity index (χ2n) is 3.31. The van der Waals surface area contributed by atoms with E-state index in [9.17, 15) is 4.79 Å². The third-order valence-corrected chi connectivity index (χ3v) is 2.51. The van der Waals surface area contributed by atoms with Crippen molar-refractivity contribution >= 4 is 5.97 Å². The highest BCUT2D eigenvalue weighted by molar-refractivity contribution is 5.76. The molecule has 3 N–H and O–H groups in total. The van der Waals surface area contributed by atoms with Gasteiger partial charge in [-0.15, -0.1) is 0 Å². The fourth-order valence-electron chi connectivity index (χ4n) is 1.50. The first-order valence-electron chi connectivity index (χ1n) is 4.05. The Morgan fingerprint density at radius 1 is 1.77 bits per heavy atom. The van der Waals surface area contributed by atoms with Crippen molar-refractivity contribution in [1.82, 2.24) is 4.98 Å². The van der Waals surface area contributed by atoms with Gasteiger partial charge in [0.1, 0.15) is 12.3 Å². The van der Waals surface area contributed by atoms with Crippen LogP contribution in [0.5, 0.6) is 0 Å². The monoisotopic (exact) mass is 182 g/mol. The van der Waals surface area contributed by atoms with E-state index in [1.165, 1.54) is 12.5 Å². The van der Waals surface area contributed by atoms with E-state index in [4.69, 9.17) is 15.3 Å². The van der Waals surface area contributed by atoms with Crippen LogP contribution in [-0.2, 0) is 10.2 Å². The lowest BCUT2D eigenvalue weighted by Gasteiger charge is -2.15. The van der Waals surface area contributed by atoms with Crippen molar-refractivity contribution in [2.75, 3.05) is 0 Å². The van der Waals surface area contributed by atoms with Gasteiger partial charge >= 0.3 is 5.97 Å². The normalized spacial score (nSPS) is 21.0. The number of oxazole rings is 1. The van der Waals surface area contributed by atoms with Crippen molar-refractivity contribution in [3.63, 3.8) is 0 Å². The Kier molecular flexibility index (Phi) is 1.63. The summed E-state index contributed by atoms with van der Waals surface area (Å²) in [4.78, 5) is 14.6. The highest BCUT2D eigenvalue weighted by Gasteiger charge is 2.56. The molecule has 2 rings (SSSR count). The molecule has 0 aliphatic heterocycles. The molecule has 1 saturated carbocycles. The van der Waals surface area contributed by atoms with Gasteiger partial charge in [-0.05, 0) is 12.8 Å². The molecule has 1 fully saturated rings. The molecule has 1 aromatic rings. The first kappa shape index (κ1) is 8.25. The average molecular weight is 182 g/mol. The Hall–Kier alpha value is -1.36. The summed E-state index contributed by atoms with van der Waals surface area (Å²) in [6.07, 6.45) is 4.41. The molecule has 1 unspecified atom stereocenters. The number of hydrogen-bond acceptors (Lipinski definition) is 4. The molecule has 5 nitrogen and oxygen atoms in total. The maximum Gasteiger partial charge on any atom is 0.321 e. The van der Waals surface area contributed by atoms with E-state index in [0.717, 1.165) is 12.8 Å². The van der Waals surface area contributed by atoms with E-state index in [1.807, 2.05) is 0 Å². The van der Waals surface area contributed by atoms with E-state index in [-0.39, 0.29) is 0 Å². The van der Waals surface area contributed by atoms with E-state index in [2.05, 4.69) is 4.98 Å². The highest BCUT2D eigenvalue weighted by atomic mass is 16.4. The highest BCUT2D eigenvalue weighted by Crippen LogP contribution is 2.49. The molecule has 5 heteroatoms. The number of carbonyl (C=O) groups is 1. The van der Waals surface area contributed by atoms with Crippen molar-refractivity contribution in [3.05, 3.63) is 18.4 Å². The van der Waals surface area contributed by atoms with Gasteiger partial charge in [-0.25, -0.2) is 4.98 Å². The van der Waals surface area contributed by atoms with Gasteiger partial charge in [-0.1, -0.05) is 0 Å². The zero-order chi connectivity index (χ0) is 9.47. The minimum absolute atomic E-state index is 0.447. The molecule has 1 atom stereocenters.